The highest BCUT2D eigenvalue weighted by molar-refractivity contribution is 6.06. The van der Waals surface area contributed by atoms with Gasteiger partial charge in [0.05, 0.1) is 23.9 Å². The van der Waals surface area contributed by atoms with Gasteiger partial charge in [-0.25, -0.2) is 4.79 Å². The Kier molecular flexibility index (Phi) is 6.90. The monoisotopic (exact) mass is 431 g/mol. The molecule has 0 saturated carbocycles. The molecule has 3 rings (SSSR count). The van der Waals surface area contributed by atoms with Gasteiger partial charge >= 0.3 is 5.97 Å². The van der Waals surface area contributed by atoms with E-state index in [-0.39, 0.29) is 0 Å². The van der Waals surface area contributed by atoms with Crippen LogP contribution in [0.4, 0.5) is 17.1 Å². The molecule has 2 amide bonds. The van der Waals surface area contributed by atoms with Crippen LogP contribution in [0.25, 0.3) is 0 Å². The van der Waals surface area contributed by atoms with Crippen LogP contribution >= 0.6 is 0 Å². The number of ether oxygens (including phenoxy) is 1. The summed E-state index contributed by atoms with van der Waals surface area (Å²) >= 11 is 0. The fourth-order valence-electron chi connectivity index (χ4n) is 3.00. The van der Waals surface area contributed by atoms with Crippen LogP contribution in [0.2, 0.25) is 0 Å². The molecule has 0 bridgehead atoms. The van der Waals surface area contributed by atoms with Crippen LogP contribution in [0.5, 0.6) is 0 Å². The van der Waals surface area contributed by atoms with Gasteiger partial charge in [-0.05, 0) is 56.3 Å². The highest BCUT2D eigenvalue weighted by Gasteiger charge is 2.30. The Balaban J connectivity index is 1.73. The third kappa shape index (κ3) is 5.51. The summed E-state index contributed by atoms with van der Waals surface area (Å²) in [5, 5.41) is 8.75. The Labute approximate surface area is 186 Å². The number of esters is 1. The van der Waals surface area contributed by atoms with E-state index in [1.807, 2.05) is 36.4 Å². The highest BCUT2D eigenvalue weighted by atomic mass is 16.5. The first kappa shape index (κ1) is 22.6. The van der Waals surface area contributed by atoms with Gasteiger partial charge in [0.25, 0.3) is 5.91 Å². The number of nitrogens with one attached hydrogen (secondary N) is 3. The van der Waals surface area contributed by atoms with Crippen molar-refractivity contribution in [1.82, 2.24) is 5.32 Å². The van der Waals surface area contributed by atoms with Gasteiger partial charge < -0.3 is 20.7 Å². The average Bonchev–Trinajstić information content (AvgIpc) is 2.79. The Hall–Kier alpha value is -4.13. The molecular weight excluding hydrogens is 406 g/mol. The van der Waals surface area contributed by atoms with Crippen molar-refractivity contribution in [1.29, 1.82) is 0 Å². The Morgan fingerprint density at radius 1 is 0.812 bits per heavy atom. The number of amides is 2. The SMILES string of the molecule is COC(=O)c1cccc(NC(=O)C(C)(C)NC(=O)c2ccccc2Nc2ccccc2)c1. The van der Waals surface area contributed by atoms with Crippen LogP contribution < -0.4 is 16.0 Å². The fraction of sp³-hybridized carbons (Fsp3) is 0.160. The second-order valence-electron chi connectivity index (χ2n) is 7.64. The maximum absolute atomic E-state index is 13.0. The van der Waals surface area contributed by atoms with Crippen molar-refractivity contribution in [3.63, 3.8) is 0 Å². The van der Waals surface area contributed by atoms with E-state index in [1.54, 1.807) is 50.2 Å². The van der Waals surface area contributed by atoms with Gasteiger partial charge in [0.15, 0.2) is 0 Å². The molecule has 0 fully saturated rings. The summed E-state index contributed by atoms with van der Waals surface area (Å²) in [4.78, 5) is 37.6. The molecule has 0 aliphatic heterocycles. The molecule has 0 radical (unpaired) electrons. The smallest absolute Gasteiger partial charge is 0.337 e. The van der Waals surface area contributed by atoms with Crippen LogP contribution in [0.15, 0.2) is 78.9 Å². The Morgan fingerprint density at radius 2 is 1.47 bits per heavy atom. The van der Waals surface area contributed by atoms with E-state index < -0.39 is 23.3 Å². The first-order valence-electron chi connectivity index (χ1n) is 10.0. The normalized spacial score (nSPS) is 10.7. The van der Waals surface area contributed by atoms with Crippen molar-refractivity contribution in [3.8, 4) is 0 Å². The number of carbonyl (C=O) groups excluding carboxylic acids is 3. The van der Waals surface area contributed by atoms with Gasteiger partial charge in [-0.1, -0.05) is 36.4 Å². The summed E-state index contributed by atoms with van der Waals surface area (Å²) in [6, 6.07) is 23.0. The van der Waals surface area contributed by atoms with Crippen molar-refractivity contribution < 1.29 is 19.1 Å². The molecule has 3 N–H and O–H groups in total. The number of para-hydroxylation sites is 2. The zero-order valence-electron chi connectivity index (χ0n) is 18.1. The molecule has 0 heterocycles. The van der Waals surface area contributed by atoms with Crippen LogP contribution in [-0.2, 0) is 9.53 Å². The number of methoxy groups -OCH3 is 1. The predicted molar refractivity (Wildman–Crippen MR) is 124 cm³/mol. The maximum Gasteiger partial charge on any atom is 0.337 e. The van der Waals surface area contributed by atoms with Crippen molar-refractivity contribution >= 4 is 34.8 Å². The van der Waals surface area contributed by atoms with E-state index in [0.29, 0.717) is 22.5 Å². The molecule has 0 spiro atoms. The number of hydrogen-bond donors (Lipinski definition) is 3. The molecule has 0 unspecified atom stereocenters. The van der Waals surface area contributed by atoms with E-state index in [0.717, 1.165) is 5.69 Å². The van der Waals surface area contributed by atoms with Crippen LogP contribution in [0.1, 0.15) is 34.6 Å². The molecule has 0 aliphatic carbocycles. The number of carbonyl (C=O) groups is 3. The number of anilines is 3. The molecule has 7 heteroatoms. The number of benzene rings is 3. The van der Waals surface area contributed by atoms with Crippen molar-refractivity contribution in [2.75, 3.05) is 17.7 Å². The summed E-state index contributed by atoms with van der Waals surface area (Å²) in [5.74, 6) is -1.33. The van der Waals surface area contributed by atoms with E-state index in [1.165, 1.54) is 13.2 Å². The molecule has 0 aromatic heterocycles. The minimum Gasteiger partial charge on any atom is -0.465 e. The summed E-state index contributed by atoms with van der Waals surface area (Å²) < 4.78 is 4.70. The van der Waals surface area contributed by atoms with E-state index in [4.69, 9.17) is 4.74 Å². The van der Waals surface area contributed by atoms with Gasteiger partial charge in [-0.15, -0.1) is 0 Å². The highest BCUT2D eigenvalue weighted by Crippen LogP contribution is 2.22. The lowest BCUT2D eigenvalue weighted by Gasteiger charge is -2.26. The second kappa shape index (κ2) is 9.78. The van der Waals surface area contributed by atoms with Gasteiger partial charge in [0, 0.05) is 11.4 Å². The van der Waals surface area contributed by atoms with Crippen LogP contribution in [0.3, 0.4) is 0 Å². The topological polar surface area (TPSA) is 96.5 Å². The zero-order valence-corrected chi connectivity index (χ0v) is 18.1. The van der Waals surface area contributed by atoms with E-state index in [2.05, 4.69) is 16.0 Å². The largest absolute Gasteiger partial charge is 0.465 e. The van der Waals surface area contributed by atoms with Gasteiger partial charge in [-0.3, -0.25) is 9.59 Å². The minimum absolute atomic E-state index is 0.313. The lowest BCUT2D eigenvalue weighted by atomic mass is 10.0. The average molecular weight is 431 g/mol. The first-order chi connectivity index (χ1) is 15.3. The maximum atomic E-state index is 13.0. The first-order valence-corrected chi connectivity index (χ1v) is 10.0. The second-order valence-corrected chi connectivity index (χ2v) is 7.64. The molecular formula is C25H25N3O4. The molecule has 32 heavy (non-hydrogen) atoms. The lowest BCUT2D eigenvalue weighted by Crippen LogP contribution is -2.52. The summed E-state index contributed by atoms with van der Waals surface area (Å²) in [7, 11) is 1.29. The predicted octanol–water partition coefficient (Wildman–Crippen LogP) is 4.36. The molecule has 3 aromatic rings. The third-order valence-corrected chi connectivity index (χ3v) is 4.76. The zero-order chi connectivity index (χ0) is 23.1. The van der Waals surface area contributed by atoms with Gasteiger partial charge in [-0.2, -0.15) is 0 Å². The van der Waals surface area contributed by atoms with Crippen molar-refractivity contribution in [3.05, 3.63) is 90.0 Å². The Bertz CT molecular complexity index is 1130. The summed E-state index contributed by atoms with van der Waals surface area (Å²) in [6.45, 7) is 3.22. The standard InChI is InChI=1S/C25H25N3O4/c1-25(2,24(31)27-19-13-9-10-17(16-19)23(30)32-3)28-22(29)20-14-7-8-15-21(20)26-18-11-5-4-6-12-18/h4-16,26H,1-3H3,(H,27,31)(H,28,29). The van der Waals surface area contributed by atoms with Crippen molar-refractivity contribution in [2.45, 2.75) is 19.4 Å². The molecule has 164 valence electrons. The summed E-state index contributed by atoms with van der Waals surface area (Å²) in [6.07, 6.45) is 0. The molecule has 0 atom stereocenters. The third-order valence-electron chi connectivity index (χ3n) is 4.76. The molecule has 7 nitrogen and oxygen atoms in total. The Morgan fingerprint density at radius 3 is 2.19 bits per heavy atom. The molecule has 0 aliphatic rings. The van der Waals surface area contributed by atoms with Crippen LogP contribution in [0, 0.1) is 0 Å². The van der Waals surface area contributed by atoms with Crippen molar-refractivity contribution in [2.24, 2.45) is 0 Å². The van der Waals surface area contributed by atoms with Crippen LogP contribution in [-0.4, -0.2) is 30.4 Å². The number of rotatable bonds is 7. The van der Waals surface area contributed by atoms with E-state index in [9.17, 15) is 14.4 Å². The van der Waals surface area contributed by atoms with Gasteiger partial charge in [0.1, 0.15) is 5.54 Å². The molecule has 0 saturated heterocycles. The molecule has 3 aromatic carbocycles. The minimum atomic E-state index is -1.22. The number of hydrogen-bond acceptors (Lipinski definition) is 5. The summed E-state index contributed by atoms with van der Waals surface area (Å²) in [5.41, 5.74) is 1.39. The quantitative estimate of drug-likeness (QED) is 0.483. The van der Waals surface area contributed by atoms with Gasteiger partial charge in [0.2, 0.25) is 5.91 Å². The van der Waals surface area contributed by atoms with E-state index >= 15 is 0 Å². The lowest BCUT2D eigenvalue weighted by molar-refractivity contribution is -0.120. The fourth-order valence-corrected chi connectivity index (χ4v) is 3.00.